The van der Waals surface area contributed by atoms with Crippen molar-refractivity contribution in [3.8, 4) is 5.75 Å². The van der Waals surface area contributed by atoms with Gasteiger partial charge in [-0.25, -0.2) is 14.2 Å². The second-order valence-electron chi connectivity index (χ2n) is 4.81. The number of methoxy groups -OCH3 is 1. The molecule has 2 N–H and O–H groups in total. The molecule has 24 heavy (non-hydrogen) atoms. The molecule has 0 atom stereocenters. The summed E-state index contributed by atoms with van der Waals surface area (Å²) < 4.78 is 19.1. The van der Waals surface area contributed by atoms with Gasteiger partial charge in [0.15, 0.2) is 16.7 Å². The van der Waals surface area contributed by atoms with Crippen LogP contribution in [-0.4, -0.2) is 29.1 Å². The highest BCUT2D eigenvalue weighted by Crippen LogP contribution is 2.27. The first-order valence-electron chi connectivity index (χ1n) is 6.76. The van der Waals surface area contributed by atoms with E-state index in [1.807, 2.05) is 0 Å². The second-order valence-corrected chi connectivity index (χ2v) is 5.84. The number of thiazole rings is 1. The predicted molar refractivity (Wildman–Crippen MR) is 87.5 cm³/mol. The van der Waals surface area contributed by atoms with Gasteiger partial charge in [0.2, 0.25) is 0 Å². The van der Waals surface area contributed by atoms with Gasteiger partial charge in [-0.15, -0.1) is 0 Å². The molecule has 0 unspecified atom stereocenters. The van der Waals surface area contributed by atoms with Crippen molar-refractivity contribution in [1.29, 1.82) is 0 Å². The van der Waals surface area contributed by atoms with Crippen molar-refractivity contribution in [3.05, 3.63) is 53.3 Å². The maximum absolute atomic E-state index is 13.7. The van der Waals surface area contributed by atoms with Gasteiger partial charge in [0, 0.05) is 5.56 Å². The Morgan fingerprint density at radius 2 is 1.96 bits per heavy atom. The molecule has 0 saturated carbocycles. The highest BCUT2D eigenvalue weighted by Gasteiger charge is 2.13. The Balaban J connectivity index is 1.85. The maximum Gasteiger partial charge on any atom is 0.335 e. The van der Waals surface area contributed by atoms with Gasteiger partial charge < -0.3 is 9.84 Å². The van der Waals surface area contributed by atoms with Crippen molar-refractivity contribution in [2.45, 2.75) is 0 Å². The number of halogens is 1. The van der Waals surface area contributed by atoms with E-state index in [-0.39, 0.29) is 16.9 Å². The number of rotatable bonds is 4. The minimum absolute atomic E-state index is 0.0488. The average molecular weight is 346 g/mol. The van der Waals surface area contributed by atoms with Crippen molar-refractivity contribution in [2.24, 2.45) is 0 Å². The van der Waals surface area contributed by atoms with Crippen LogP contribution in [0.2, 0.25) is 0 Å². The van der Waals surface area contributed by atoms with Crippen LogP contribution in [0.4, 0.5) is 9.52 Å². The lowest BCUT2D eigenvalue weighted by atomic mass is 10.2. The lowest BCUT2D eigenvalue weighted by molar-refractivity contribution is 0.0697. The van der Waals surface area contributed by atoms with Gasteiger partial charge in [0.05, 0.1) is 22.9 Å². The van der Waals surface area contributed by atoms with Crippen LogP contribution in [0.5, 0.6) is 5.75 Å². The Morgan fingerprint density at radius 1 is 1.21 bits per heavy atom. The van der Waals surface area contributed by atoms with Crippen LogP contribution < -0.4 is 10.1 Å². The first-order valence-corrected chi connectivity index (χ1v) is 7.58. The average Bonchev–Trinajstić information content (AvgIpc) is 2.95. The summed E-state index contributed by atoms with van der Waals surface area (Å²) in [6.07, 6.45) is 0. The van der Waals surface area contributed by atoms with Gasteiger partial charge in [-0.1, -0.05) is 11.3 Å². The number of carboxylic acid groups (broad SMARTS) is 1. The topological polar surface area (TPSA) is 88.5 Å². The normalized spacial score (nSPS) is 10.6. The van der Waals surface area contributed by atoms with Crippen LogP contribution >= 0.6 is 11.3 Å². The molecule has 0 aliphatic carbocycles. The molecule has 0 aliphatic heterocycles. The molecule has 0 radical (unpaired) electrons. The Labute approximate surface area is 139 Å². The maximum atomic E-state index is 13.7. The lowest BCUT2D eigenvalue weighted by Crippen LogP contribution is -2.12. The zero-order valence-corrected chi connectivity index (χ0v) is 13.2. The number of ether oxygens (including phenoxy) is 1. The molecule has 2 aromatic carbocycles. The monoisotopic (exact) mass is 346 g/mol. The molecule has 6 nitrogen and oxygen atoms in total. The molecule has 122 valence electrons. The fourth-order valence-electron chi connectivity index (χ4n) is 2.09. The molecular formula is C16H11FN2O4S. The smallest absolute Gasteiger partial charge is 0.335 e. The van der Waals surface area contributed by atoms with Crippen LogP contribution in [0.3, 0.4) is 0 Å². The zero-order valence-electron chi connectivity index (χ0n) is 12.4. The van der Waals surface area contributed by atoms with E-state index >= 15 is 0 Å². The number of aromatic carboxylic acids is 1. The van der Waals surface area contributed by atoms with Gasteiger partial charge in [-0.3, -0.25) is 10.1 Å². The van der Waals surface area contributed by atoms with Gasteiger partial charge in [-0.05, 0) is 36.4 Å². The van der Waals surface area contributed by atoms with Crippen molar-refractivity contribution in [3.63, 3.8) is 0 Å². The molecule has 1 amide bonds. The number of hydrogen-bond donors (Lipinski definition) is 2. The lowest BCUT2D eigenvalue weighted by Gasteiger charge is -2.04. The van der Waals surface area contributed by atoms with Crippen LogP contribution in [0, 0.1) is 5.82 Å². The Hall–Kier alpha value is -3.00. The summed E-state index contributed by atoms with van der Waals surface area (Å²) in [6, 6.07) is 8.36. The number of nitrogens with one attached hydrogen (secondary N) is 1. The first kappa shape index (κ1) is 15.9. The van der Waals surface area contributed by atoms with Crippen LogP contribution in [0.25, 0.3) is 10.2 Å². The number of amides is 1. The third-order valence-corrected chi connectivity index (χ3v) is 4.20. The number of hydrogen-bond acceptors (Lipinski definition) is 5. The van der Waals surface area contributed by atoms with Crippen molar-refractivity contribution in [2.75, 3.05) is 12.4 Å². The highest BCUT2D eigenvalue weighted by molar-refractivity contribution is 7.22. The van der Waals surface area contributed by atoms with Crippen LogP contribution in [-0.2, 0) is 0 Å². The summed E-state index contributed by atoms with van der Waals surface area (Å²) in [7, 11) is 1.34. The van der Waals surface area contributed by atoms with E-state index in [1.165, 1.54) is 31.4 Å². The molecule has 0 spiro atoms. The summed E-state index contributed by atoms with van der Waals surface area (Å²) in [6.45, 7) is 0. The Morgan fingerprint density at radius 3 is 2.62 bits per heavy atom. The molecular weight excluding hydrogens is 335 g/mol. The van der Waals surface area contributed by atoms with Gasteiger partial charge in [0.1, 0.15) is 0 Å². The van der Waals surface area contributed by atoms with E-state index in [9.17, 15) is 14.0 Å². The fraction of sp³-hybridized carbons (Fsp3) is 0.0625. The first-order chi connectivity index (χ1) is 11.5. The largest absolute Gasteiger partial charge is 0.494 e. The molecule has 8 heteroatoms. The zero-order chi connectivity index (χ0) is 17.3. The summed E-state index contributed by atoms with van der Waals surface area (Å²) in [5.41, 5.74) is 0.834. The Bertz CT molecular complexity index is 954. The molecule has 0 bridgehead atoms. The molecule has 1 heterocycles. The number of benzene rings is 2. The molecule has 3 aromatic rings. The van der Waals surface area contributed by atoms with E-state index in [2.05, 4.69) is 10.3 Å². The third-order valence-electron chi connectivity index (χ3n) is 3.27. The van der Waals surface area contributed by atoms with Crippen LogP contribution in [0.15, 0.2) is 36.4 Å². The molecule has 0 aliphatic rings. The molecule has 0 saturated heterocycles. The van der Waals surface area contributed by atoms with Gasteiger partial charge in [0.25, 0.3) is 5.91 Å². The predicted octanol–water partition coefficient (Wildman–Crippen LogP) is 3.39. The van der Waals surface area contributed by atoms with Crippen molar-refractivity contribution >= 4 is 38.6 Å². The number of carbonyl (C=O) groups is 2. The van der Waals surface area contributed by atoms with E-state index in [1.54, 1.807) is 6.07 Å². The van der Waals surface area contributed by atoms with Gasteiger partial charge in [-0.2, -0.15) is 0 Å². The highest BCUT2D eigenvalue weighted by atomic mass is 32.1. The second kappa shape index (κ2) is 6.25. The summed E-state index contributed by atoms with van der Waals surface area (Å²) in [5, 5.41) is 11.9. The summed E-state index contributed by atoms with van der Waals surface area (Å²) in [4.78, 5) is 27.3. The number of fused-ring (bicyclic) bond motifs is 1. The van der Waals surface area contributed by atoms with E-state index in [0.717, 1.165) is 17.4 Å². The number of carboxylic acids is 1. The molecule has 1 aromatic heterocycles. The van der Waals surface area contributed by atoms with Gasteiger partial charge >= 0.3 is 5.97 Å². The summed E-state index contributed by atoms with van der Waals surface area (Å²) in [5.74, 6) is -2.15. The minimum Gasteiger partial charge on any atom is -0.494 e. The van der Waals surface area contributed by atoms with E-state index in [0.29, 0.717) is 15.3 Å². The molecule has 0 fully saturated rings. The van der Waals surface area contributed by atoms with E-state index < -0.39 is 17.7 Å². The third kappa shape index (κ3) is 3.04. The SMILES string of the molecule is COc1ccc(C(=O)Nc2nc3ccc(C(=O)O)cc3s2)cc1F. The Kier molecular flexibility index (Phi) is 4.13. The van der Waals surface area contributed by atoms with Crippen molar-refractivity contribution in [1.82, 2.24) is 4.98 Å². The minimum atomic E-state index is -1.04. The molecule has 3 rings (SSSR count). The fourth-order valence-corrected chi connectivity index (χ4v) is 2.99. The number of carbonyl (C=O) groups excluding carboxylic acids is 1. The number of aromatic nitrogens is 1. The van der Waals surface area contributed by atoms with E-state index in [4.69, 9.17) is 9.84 Å². The van der Waals surface area contributed by atoms with Crippen molar-refractivity contribution < 1.29 is 23.8 Å². The van der Waals surface area contributed by atoms with Crippen LogP contribution in [0.1, 0.15) is 20.7 Å². The standard InChI is InChI=1S/C16H11FN2O4S/c1-23-12-5-3-8(6-10(12)17)14(20)19-16-18-11-4-2-9(15(21)22)7-13(11)24-16/h2-7H,1H3,(H,21,22)(H,18,19,20). The number of anilines is 1. The number of nitrogens with zero attached hydrogens (tertiary/aromatic N) is 1. The quantitative estimate of drug-likeness (QED) is 0.756. The summed E-state index contributed by atoms with van der Waals surface area (Å²) >= 11 is 1.14.